The summed E-state index contributed by atoms with van der Waals surface area (Å²) in [6, 6.07) is 1.92. The predicted molar refractivity (Wildman–Crippen MR) is 99.4 cm³/mol. The molecule has 0 bridgehead atoms. The molecule has 2 fully saturated rings. The Morgan fingerprint density at radius 3 is 2.48 bits per heavy atom. The third kappa shape index (κ3) is 3.90. The van der Waals surface area contributed by atoms with Crippen molar-refractivity contribution in [1.82, 2.24) is 24.9 Å². The highest BCUT2D eigenvalue weighted by Crippen LogP contribution is 2.31. The van der Waals surface area contributed by atoms with E-state index in [1.807, 2.05) is 16.9 Å². The van der Waals surface area contributed by atoms with Crippen LogP contribution in [0.25, 0.3) is 0 Å². The molecule has 0 radical (unpaired) electrons. The van der Waals surface area contributed by atoms with Crippen molar-refractivity contribution < 1.29 is 4.79 Å². The van der Waals surface area contributed by atoms with E-state index in [4.69, 9.17) is 0 Å². The first-order valence-corrected chi connectivity index (χ1v) is 9.92. The van der Waals surface area contributed by atoms with Crippen molar-refractivity contribution in [3.63, 3.8) is 0 Å². The highest BCUT2D eigenvalue weighted by Gasteiger charge is 2.45. The first-order chi connectivity index (χ1) is 12.2. The Labute approximate surface area is 151 Å². The summed E-state index contributed by atoms with van der Waals surface area (Å²) >= 11 is 0. The van der Waals surface area contributed by atoms with E-state index < -0.39 is 5.54 Å². The van der Waals surface area contributed by atoms with Crippen LogP contribution < -0.4 is 5.32 Å². The van der Waals surface area contributed by atoms with Crippen LogP contribution in [-0.2, 0) is 10.3 Å². The molecular formula is C19H33N5O. The molecule has 2 saturated heterocycles. The Morgan fingerprint density at radius 2 is 1.92 bits per heavy atom. The number of likely N-dealkylation sites (tertiary alicyclic amines) is 1. The minimum Gasteiger partial charge on any atom is -0.341 e. The average molecular weight is 348 g/mol. The number of carbonyl (C=O) groups excluding carboxylic acids is 1. The van der Waals surface area contributed by atoms with E-state index >= 15 is 0 Å². The van der Waals surface area contributed by atoms with Crippen molar-refractivity contribution in [2.75, 3.05) is 45.8 Å². The zero-order chi connectivity index (χ0) is 17.7. The van der Waals surface area contributed by atoms with Gasteiger partial charge in [-0.3, -0.25) is 9.48 Å². The number of amides is 1. The summed E-state index contributed by atoms with van der Waals surface area (Å²) in [4.78, 5) is 18.0. The maximum absolute atomic E-state index is 13.4. The van der Waals surface area contributed by atoms with Gasteiger partial charge in [0.25, 0.3) is 5.91 Å². The Hall–Kier alpha value is -1.40. The second kappa shape index (κ2) is 8.32. The summed E-state index contributed by atoms with van der Waals surface area (Å²) in [6.45, 7) is 11.4. The molecule has 0 atom stereocenters. The minimum atomic E-state index is -0.486. The molecule has 0 aliphatic carbocycles. The Balaban J connectivity index is 1.64. The molecule has 140 valence electrons. The van der Waals surface area contributed by atoms with Crippen LogP contribution in [0.2, 0.25) is 0 Å². The highest BCUT2D eigenvalue weighted by atomic mass is 16.2. The predicted octanol–water partition coefficient (Wildman–Crippen LogP) is 1.54. The van der Waals surface area contributed by atoms with Crippen molar-refractivity contribution in [3.8, 4) is 0 Å². The third-order valence-corrected chi connectivity index (χ3v) is 6.08. The van der Waals surface area contributed by atoms with Gasteiger partial charge in [-0.05, 0) is 63.8 Å². The first-order valence-electron chi connectivity index (χ1n) is 9.92. The number of carbonyl (C=O) groups is 1. The molecule has 1 amide bonds. The van der Waals surface area contributed by atoms with E-state index in [-0.39, 0.29) is 5.91 Å². The van der Waals surface area contributed by atoms with Gasteiger partial charge in [0.2, 0.25) is 0 Å². The molecule has 0 aromatic carbocycles. The highest BCUT2D eigenvalue weighted by molar-refractivity contribution is 5.84. The van der Waals surface area contributed by atoms with E-state index in [1.165, 1.54) is 6.54 Å². The smallest absolute Gasteiger partial charge is 0.250 e. The van der Waals surface area contributed by atoms with Crippen molar-refractivity contribution in [3.05, 3.63) is 18.5 Å². The van der Waals surface area contributed by atoms with E-state index in [1.54, 1.807) is 6.20 Å². The Bertz CT molecular complexity index is 526. The van der Waals surface area contributed by atoms with Crippen LogP contribution in [0.5, 0.6) is 0 Å². The summed E-state index contributed by atoms with van der Waals surface area (Å²) in [6.07, 6.45) is 7.63. The molecule has 2 aliphatic rings. The maximum Gasteiger partial charge on any atom is 0.250 e. The van der Waals surface area contributed by atoms with Crippen LogP contribution in [0.15, 0.2) is 18.5 Å². The molecule has 0 saturated carbocycles. The molecule has 1 N–H and O–H groups in total. The van der Waals surface area contributed by atoms with Crippen LogP contribution in [0.3, 0.4) is 0 Å². The Morgan fingerprint density at radius 1 is 1.24 bits per heavy atom. The van der Waals surface area contributed by atoms with Crippen molar-refractivity contribution in [1.29, 1.82) is 0 Å². The number of hydrogen-bond acceptors (Lipinski definition) is 4. The molecule has 25 heavy (non-hydrogen) atoms. The fraction of sp³-hybridized carbons (Fsp3) is 0.789. The quantitative estimate of drug-likeness (QED) is 0.848. The zero-order valence-corrected chi connectivity index (χ0v) is 15.8. The van der Waals surface area contributed by atoms with E-state index in [0.717, 1.165) is 70.9 Å². The lowest BCUT2D eigenvalue weighted by Crippen LogP contribution is -2.57. The number of nitrogens with one attached hydrogen (secondary N) is 1. The SMILES string of the molecule is CCN(CC)CC1CCN(C(=O)C2(n3cccn3)CCNCC2)CC1. The van der Waals surface area contributed by atoms with E-state index in [2.05, 4.69) is 34.1 Å². The van der Waals surface area contributed by atoms with Crippen LogP contribution in [0, 0.1) is 5.92 Å². The summed E-state index contributed by atoms with van der Waals surface area (Å²) in [5, 5.41) is 7.82. The number of piperidine rings is 2. The molecule has 0 spiro atoms. The fourth-order valence-corrected chi connectivity index (χ4v) is 4.36. The van der Waals surface area contributed by atoms with Crippen molar-refractivity contribution >= 4 is 5.91 Å². The van der Waals surface area contributed by atoms with Crippen molar-refractivity contribution in [2.45, 2.75) is 45.1 Å². The van der Waals surface area contributed by atoms with Gasteiger partial charge in [0.15, 0.2) is 0 Å². The number of hydrogen-bond donors (Lipinski definition) is 1. The normalized spacial score (nSPS) is 21.6. The molecule has 3 rings (SSSR count). The lowest BCUT2D eigenvalue weighted by Gasteiger charge is -2.42. The largest absolute Gasteiger partial charge is 0.341 e. The van der Waals surface area contributed by atoms with Gasteiger partial charge in [0, 0.05) is 32.0 Å². The molecule has 6 nitrogen and oxygen atoms in total. The van der Waals surface area contributed by atoms with Gasteiger partial charge in [0.1, 0.15) is 5.54 Å². The van der Waals surface area contributed by atoms with Crippen LogP contribution in [-0.4, -0.2) is 71.3 Å². The Kier molecular flexibility index (Phi) is 6.12. The lowest BCUT2D eigenvalue weighted by molar-refractivity contribution is -0.144. The second-order valence-corrected chi connectivity index (χ2v) is 7.45. The van der Waals surface area contributed by atoms with E-state index in [9.17, 15) is 4.79 Å². The average Bonchev–Trinajstić information content (AvgIpc) is 3.22. The standard InChI is InChI=1S/C19H33N5O/c1-3-22(4-2)16-17-6-14-23(15-7-17)18(25)19(8-11-20-12-9-19)24-13-5-10-21-24/h5,10,13,17,20H,3-4,6-9,11-12,14-16H2,1-2H3. The summed E-state index contributed by atoms with van der Waals surface area (Å²) in [7, 11) is 0. The second-order valence-electron chi connectivity index (χ2n) is 7.45. The van der Waals surface area contributed by atoms with Gasteiger partial charge in [-0.25, -0.2) is 0 Å². The van der Waals surface area contributed by atoms with Gasteiger partial charge in [-0.15, -0.1) is 0 Å². The van der Waals surface area contributed by atoms with Gasteiger partial charge in [0.05, 0.1) is 0 Å². The number of aromatic nitrogens is 2. The summed E-state index contributed by atoms with van der Waals surface area (Å²) < 4.78 is 1.91. The summed E-state index contributed by atoms with van der Waals surface area (Å²) in [5.74, 6) is 0.997. The molecule has 1 aromatic rings. The monoisotopic (exact) mass is 347 g/mol. The molecular weight excluding hydrogens is 314 g/mol. The van der Waals surface area contributed by atoms with Crippen LogP contribution in [0.1, 0.15) is 39.5 Å². The van der Waals surface area contributed by atoms with Crippen LogP contribution >= 0.6 is 0 Å². The molecule has 1 aromatic heterocycles. The van der Waals surface area contributed by atoms with Gasteiger partial charge >= 0.3 is 0 Å². The van der Waals surface area contributed by atoms with Crippen molar-refractivity contribution in [2.24, 2.45) is 5.92 Å². The minimum absolute atomic E-state index is 0.277. The topological polar surface area (TPSA) is 53.4 Å². The maximum atomic E-state index is 13.4. The van der Waals surface area contributed by atoms with Crippen LogP contribution in [0.4, 0.5) is 0 Å². The molecule has 6 heteroatoms. The summed E-state index contributed by atoms with van der Waals surface area (Å²) in [5.41, 5.74) is -0.486. The number of nitrogens with zero attached hydrogens (tertiary/aromatic N) is 4. The lowest BCUT2D eigenvalue weighted by atomic mass is 9.85. The first kappa shape index (κ1) is 18.4. The van der Waals surface area contributed by atoms with E-state index in [0.29, 0.717) is 0 Å². The van der Waals surface area contributed by atoms with Gasteiger partial charge in [-0.1, -0.05) is 13.8 Å². The van der Waals surface area contributed by atoms with Gasteiger partial charge < -0.3 is 15.1 Å². The molecule has 2 aliphatic heterocycles. The zero-order valence-electron chi connectivity index (χ0n) is 15.8. The third-order valence-electron chi connectivity index (χ3n) is 6.08. The fourth-order valence-electron chi connectivity index (χ4n) is 4.36. The molecule has 3 heterocycles. The van der Waals surface area contributed by atoms with Gasteiger partial charge in [-0.2, -0.15) is 5.10 Å². The number of rotatable bonds is 6. The molecule has 0 unspecified atom stereocenters.